The van der Waals surface area contributed by atoms with Crippen molar-refractivity contribution in [2.45, 2.75) is 25.7 Å². The molecule has 0 aromatic heterocycles. The number of carbonyl (C=O) groups is 3. The van der Waals surface area contributed by atoms with E-state index in [1.165, 1.54) is 26.0 Å². The van der Waals surface area contributed by atoms with Gasteiger partial charge in [-0.1, -0.05) is 36.4 Å². The fourth-order valence-electron chi connectivity index (χ4n) is 4.81. The number of nitrogens with two attached hydrogens (primary N) is 1. The summed E-state index contributed by atoms with van der Waals surface area (Å²) in [6.07, 6.45) is 1.62. The molecule has 2 N–H and O–H groups in total. The lowest BCUT2D eigenvalue weighted by molar-refractivity contribution is -0.139. The Morgan fingerprint density at radius 3 is 2.36 bits per heavy atom. The van der Waals surface area contributed by atoms with E-state index in [1.54, 1.807) is 47.4 Å². The van der Waals surface area contributed by atoms with Gasteiger partial charge in [0.15, 0.2) is 0 Å². The van der Waals surface area contributed by atoms with Crippen LogP contribution in [0.15, 0.2) is 71.2 Å². The molecule has 4 rings (SSSR count). The van der Waals surface area contributed by atoms with Crippen LogP contribution in [0.4, 0.5) is 11.4 Å². The zero-order valence-corrected chi connectivity index (χ0v) is 20.3. The Morgan fingerprint density at radius 2 is 1.75 bits per heavy atom. The number of nitrogens with zero attached hydrogens (tertiary/aromatic N) is 3. The minimum Gasteiger partial charge on any atom is -0.466 e. The van der Waals surface area contributed by atoms with E-state index in [9.17, 15) is 19.6 Å². The van der Waals surface area contributed by atoms with E-state index in [4.69, 9.17) is 15.2 Å². The molecule has 0 bridgehead atoms. The first kappa shape index (κ1) is 24.5. The van der Waals surface area contributed by atoms with Gasteiger partial charge in [0.1, 0.15) is 11.5 Å². The Kier molecular flexibility index (Phi) is 6.79. The standard InChI is InChI=1S/C27H26N4O5/c1-16(32)30-13-7-10-17-11-12-19(14-21(17)30)31-24(27(34)36-3)23(26(33)35-2)22(20(15-28)25(31)29)18-8-5-4-6-9-18/h4-6,8-9,11-12,14,22H,7,10,13,29H2,1-3H3. The largest absolute Gasteiger partial charge is 0.466 e. The molecule has 0 radical (unpaired) electrons. The van der Waals surface area contributed by atoms with Crippen LogP contribution in [0.2, 0.25) is 0 Å². The quantitative estimate of drug-likeness (QED) is 0.654. The van der Waals surface area contributed by atoms with Gasteiger partial charge in [-0.3, -0.25) is 9.69 Å². The van der Waals surface area contributed by atoms with Gasteiger partial charge in [-0.05, 0) is 36.1 Å². The van der Waals surface area contributed by atoms with Crippen LogP contribution >= 0.6 is 0 Å². The highest BCUT2D eigenvalue weighted by atomic mass is 16.5. The maximum absolute atomic E-state index is 13.2. The number of carbonyl (C=O) groups excluding carboxylic acids is 3. The van der Waals surface area contributed by atoms with Crippen molar-refractivity contribution < 1.29 is 23.9 Å². The molecule has 0 saturated heterocycles. The number of benzene rings is 2. The molecule has 2 aromatic rings. The Bertz CT molecular complexity index is 1340. The Labute approximate surface area is 209 Å². The minimum absolute atomic E-state index is 0.0236. The van der Waals surface area contributed by atoms with Crippen LogP contribution in [0.5, 0.6) is 0 Å². The van der Waals surface area contributed by atoms with Gasteiger partial charge in [0, 0.05) is 24.8 Å². The number of allylic oxidation sites excluding steroid dienone is 1. The summed E-state index contributed by atoms with van der Waals surface area (Å²) in [4.78, 5) is 41.7. The number of ether oxygens (including phenoxy) is 2. The monoisotopic (exact) mass is 486 g/mol. The third-order valence-corrected chi connectivity index (χ3v) is 6.44. The third-order valence-electron chi connectivity index (χ3n) is 6.44. The molecule has 36 heavy (non-hydrogen) atoms. The second kappa shape index (κ2) is 9.96. The zero-order valence-electron chi connectivity index (χ0n) is 20.3. The summed E-state index contributed by atoms with van der Waals surface area (Å²) in [5, 5.41) is 10.2. The number of fused-ring (bicyclic) bond motifs is 1. The van der Waals surface area contributed by atoms with Crippen molar-refractivity contribution in [1.29, 1.82) is 5.26 Å². The lowest BCUT2D eigenvalue weighted by atomic mass is 9.81. The number of nitriles is 1. The highest BCUT2D eigenvalue weighted by Gasteiger charge is 2.43. The minimum atomic E-state index is -0.944. The van der Waals surface area contributed by atoms with Crippen molar-refractivity contribution in [3.8, 4) is 6.07 Å². The summed E-state index contributed by atoms with van der Waals surface area (Å²) < 4.78 is 10.1. The topological polar surface area (TPSA) is 126 Å². The van der Waals surface area contributed by atoms with Crippen LogP contribution in [0.3, 0.4) is 0 Å². The van der Waals surface area contributed by atoms with Gasteiger partial charge in [0.2, 0.25) is 5.91 Å². The van der Waals surface area contributed by atoms with Crippen LogP contribution in [-0.2, 0) is 30.3 Å². The average Bonchev–Trinajstić information content (AvgIpc) is 2.91. The molecule has 9 nitrogen and oxygen atoms in total. The van der Waals surface area contributed by atoms with Gasteiger partial charge in [-0.2, -0.15) is 5.26 Å². The molecule has 0 aliphatic carbocycles. The van der Waals surface area contributed by atoms with E-state index in [0.717, 1.165) is 18.4 Å². The summed E-state index contributed by atoms with van der Waals surface area (Å²) in [7, 11) is 2.40. The predicted molar refractivity (Wildman–Crippen MR) is 132 cm³/mol. The Morgan fingerprint density at radius 1 is 1.06 bits per heavy atom. The van der Waals surface area contributed by atoms with Crippen LogP contribution < -0.4 is 15.5 Å². The predicted octanol–water partition coefficient (Wildman–Crippen LogP) is 2.88. The first-order chi connectivity index (χ1) is 17.3. The second-order valence-electron chi connectivity index (χ2n) is 8.42. The van der Waals surface area contributed by atoms with Gasteiger partial charge < -0.3 is 20.1 Å². The maximum atomic E-state index is 13.2. The molecular formula is C27H26N4O5. The zero-order chi connectivity index (χ0) is 26.0. The van der Waals surface area contributed by atoms with E-state index in [1.807, 2.05) is 6.07 Å². The summed E-state index contributed by atoms with van der Waals surface area (Å²) in [6, 6.07) is 16.3. The van der Waals surface area contributed by atoms with Gasteiger partial charge in [-0.25, -0.2) is 9.59 Å². The normalized spacial score (nSPS) is 17.3. The van der Waals surface area contributed by atoms with Gasteiger partial charge in [0.05, 0.1) is 37.4 Å². The van der Waals surface area contributed by atoms with Crippen LogP contribution in [0.1, 0.15) is 30.4 Å². The third kappa shape index (κ3) is 4.07. The molecule has 184 valence electrons. The Hall–Kier alpha value is -4.58. The van der Waals surface area contributed by atoms with Crippen molar-refractivity contribution in [2.24, 2.45) is 5.73 Å². The van der Waals surface area contributed by atoms with Crippen LogP contribution in [-0.4, -0.2) is 38.6 Å². The molecular weight excluding hydrogens is 460 g/mol. The fourth-order valence-corrected chi connectivity index (χ4v) is 4.81. The molecule has 1 amide bonds. The molecule has 1 unspecified atom stereocenters. The number of amides is 1. The molecule has 0 spiro atoms. The highest BCUT2D eigenvalue weighted by molar-refractivity contribution is 6.06. The second-order valence-corrected chi connectivity index (χ2v) is 8.42. The molecule has 0 fully saturated rings. The lowest BCUT2D eigenvalue weighted by Gasteiger charge is -2.37. The first-order valence-corrected chi connectivity index (χ1v) is 11.4. The number of aryl methyl sites for hydroxylation is 1. The van der Waals surface area contributed by atoms with Gasteiger partial charge >= 0.3 is 11.9 Å². The molecule has 9 heteroatoms. The van der Waals surface area contributed by atoms with Crippen LogP contribution in [0.25, 0.3) is 0 Å². The fraction of sp³-hybridized carbons (Fsp3) is 0.259. The number of hydrogen-bond donors (Lipinski definition) is 1. The first-order valence-electron chi connectivity index (χ1n) is 11.4. The number of anilines is 2. The Balaban J connectivity index is 2.02. The van der Waals surface area contributed by atoms with E-state index in [-0.39, 0.29) is 28.6 Å². The lowest BCUT2D eigenvalue weighted by Crippen LogP contribution is -2.41. The number of hydrogen-bond acceptors (Lipinski definition) is 8. The summed E-state index contributed by atoms with van der Waals surface area (Å²) in [6.45, 7) is 2.05. The molecule has 1 atom stereocenters. The molecule has 2 aromatic carbocycles. The maximum Gasteiger partial charge on any atom is 0.355 e. The van der Waals surface area contributed by atoms with E-state index in [0.29, 0.717) is 23.5 Å². The SMILES string of the molecule is COC(=O)C1=C(C(=O)OC)N(c2ccc3c(c2)N(C(C)=O)CCC3)C(N)=C(C#N)C1c1ccccc1. The molecule has 0 saturated carbocycles. The van der Waals surface area contributed by atoms with Gasteiger partial charge in [-0.15, -0.1) is 0 Å². The van der Waals surface area contributed by atoms with Crippen molar-refractivity contribution in [3.05, 3.63) is 82.3 Å². The van der Waals surface area contributed by atoms with Crippen molar-refractivity contribution in [3.63, 3.8) is 0 Å². The van der Waals surface area contributed by atoms with Crippen molar-refractivity contribution >= 4 is 29.2 Å². The van der Waals surface area contributed by atoms with E-state index in [2.05, 4.69) is 6.07 Å². The average molecular weight is 487 g/mol. The molecule has 2 aliphatic heterocycles. The summed E-state index contributed by atoms with van der Waals surface area (Å²) in [5.41, 5.74) is 9.07. The van der Waals surface area contributed by atoms with Crippen molar-refractivity contribution in [2.75, 3.05) is 30.6 Å². The smallest absolute Gasteiger partial charge is 0.355 e. The van der Waals surface area contributed by atoms with E-state index < -0.39 is 17.9 Å². The van der Waals surface area contributed by atoms with Crippen LogP contribution in [0, 0.1) is 11.3 Å². The summed E-state index contributed by atoms with van der Waals surface area (Å²) in [5.74, 6) is -2.70. The summed E-state index contributed by atoms with van der Waals surface area (Å²) >= 11 is 0. The molecule has 2 heterocycles. The van der Waals surface area contributed by atoms with Gasteiger partial charge in [0.25, 0.3) is 0 Å². The number of esters is 2. The van der Waals surface area contributed by atoms with Crippen molar-refractivity contribution in [1.82, 2.24) is 0 Å². The number of rotatable bonds is 4. The number of methoxy groups -OCH3 is 2. The van der Waals surface area contributed by atoms with E-state index >= 15 is 0 Å². The highest BCUT2D eigenvalue weighted by Crippen LogP contribution is 2.44. The molecule has 2 aliphatic rings.